The molecule has 2 aromatic heterocycles. The van der Waals surface area contributed by atoms with Crippen molar-refractivity contribution >= 4 is 28.4 Å². The van der Waals surface area contributed by atoms with Crippen molar-refractivity contribution in [2.24, 2.45) is 0 Å². The van der Waals surface area contributed by atoms with E-state index in [0.717, 1.165) is 34.6 Å². The maximum atomic E-state index is 12.9. The van der Waals surface area contributed by atoms with Crippen molar-refractivity contribution in [1.29, 1.82) is 0 Å². The molecule has 1 aliphatic rings. The van der Waals surface area contributed by atoms with Gasteiger partial charge in [-0.2, -0.15) is 9.50 Å². The second kappa shape index (κ2) is 8.00. The molecule has 1 atom stereocenters. The molecule has 6 nitrogen and oxygen atoms in total. The van der Waals surface area contributed by atoms with E-state index in [9.17, 15) is 4.79 Å². The van der Waals surface area contributed by atoms with Gasteiger partial charge in [0.25, 0.3) is 5.56 Å². The van der Waals surface area contributed by atoms with E-state index in [2.05, 4.69) is 23.1 Å². The molecule has 0 spiro atoms. The van der Waals surface area contributed by atoms with E-state index in [-0.39, 0.29) is 11.7 Å². The summed E-state index contributed by atoms with van der Waals surface area (Å²) in [4.78, 5) is 18.1. The molecule has 4 aromatic rings. The molecule has 0 fully saturated rings. The zero-order chi connectivity index (χ0) is 21.4. The number of hydrogen-bond acceptors (Lipinski definition) is 6. The number of nitrogens with zero attached hydrogens (tertiary/aromatic N) is 3. The van der Waals surface area contributed by atoms with Gasteiger partial charge in [-0.05, 0) is 61.4 Å². The molecule has 156 valence electrons. The SMILES string of the molecule is CCCOc1ccc(-c2nc3s/c(=C\C4=Cc5ccccc5O[C@H]4C)c(=O)n3n2)cc1. The van der Waals surface area contributed by atoms with Gasteiger partial charge in [0, 0.05) is 11.1 Å². The first kappa shape index (κ1) is 19.5. The second-order valence-electron chi connectivity index (χ2n) is 7.36. The first-order valence-electron chi connectivity index (χ1n) is 10.2. The van der Waals surface area contributed by atoms with Crippen LogP contribution in [-0.4, -0.2) is 27.3 Å². The molecular formula is C24H21N3O3S. The Morgan fingerprint density at radius 1 is 1.19 bits per heavy atom. The summed E-state index contributed by atoms with van der Waals surface area (Å²) in [5.74, 6) is 2.19. The van der Waals surface area contributed by atoms with Crippen LogP contribution >= 0.6 is 11.3 Å². The van der Waals surface area contributed by atoms with Crippen LogP contribution in [0, 0.1) is 0 Å². The molecular weight excluding hydrogens is 410 g/mol. The lowest BCUT2D eigenvalue weighted by Crippen LogP contribution is -2.26. The van der Waals surface area contributed by atoms with Gasteiger partial charge in [-0.3, -0.25) is 4.79 Å². The average Bonchev–Trinajstić information content (AvgIpc) is 3.32. The third-order valence-corrected chi connectivity index (χ3v) is 6.04. The van der Waals surface area contributed by atoms with Crippen LogP contribution in [0.3, 0.4) is 0 Å². The number of aromatic nitrogens is 3. The predicted octanol–water partition coefficient (Wildman–Crippen LogP) is 3.97. The number of rotatable bonds is 5. The van der Waals surface area contributed by atoms with Crippen molar-refractivity contribution in [3.63, 3.8) is 0 Å². The molecule has 1 aliphatic heterocycles. The molecule has 0 saturated heterocycles. The molecule has 7 heteroatoms. The van der Waals surface area contributed by atoms with Gasteiger partial charge in [-0.1, -0.05) is 36.5 Å². The van der Waals surface area contributed by atoms with E-state index in [4.69, 9.17) is 9.47 Å². The lowest BCUT2D eigenvalue weighted by Gasteiger charge is -2.22. The van der Waals surface area contributed by atoms with Crippen molar-refractivity contribution in [2.45, 2.75) is 26.4 Å². The van der Waals surface area contributed by atoms with Crippen LogP contribution in [0.15, 0.2) is 58.9 Å². The minimum atomic E-state index is -0.173. The van der Waals surface area contributed by atoms with Crippen LogP contribution in [0.5, 0.6) is 11.5 Å². The Kier molecular flexibility index (Phi) is 5.03. The first-order chi connectivity index (χ1) is 15.1. The van der Waals surface area contributed by atoms with Gasteiger partial charge in [0.2, 0.25) is 4.96 Å². The standard InChI is InChI=1S/C24H21N3O3S/c1-3-12-29-19-10-8-16(9-11-19)22-25-24-27(26-22)23(28)21(31-24)14-18-13-17-6-4-5-7-20(17)30-15(18)2/h4-11,13-15H,3,12H2,1-2H3/b21-14-/t15-/m0/s1. The number of para-hydroxylation sites is 1. The van der Waals surface area contributed by atoms with Crippen LogP contribution < -0.4 is 19.6 Å². The Balaban J connectivity index is 1.48. The minimum Gasteiger partial charge on any atom is -0.494 e. The Hall–Kier alpha value is -3.45. The largest absolute Gasteiger partial charge is 0.494 e. The topological polar surface area (TPSA) is 65.7 Å². The first-order valence-corrected chi connectivity index (χ1v) is 11.1. The highest BCUT2D eigenvalue weighted by atomic mass is 32.1. The molecule has 3 heterocycles. The zero-order valence-electron chi connectivity index (χ0n) is 17.2. The van der Waals surface area contributed by atoms with Gasteiger partial charge in [0.1, 0.15) is 17.6 Å². The van der Waals surface area contributed by atoms with Gasteiger partial charge in [-0.25, -0.2) is 0 Å². The molecule has 0 unspecified atom stereocenters. The molecule has 0 bridgehead atoms. The third-order valence-electron chi connectivity index (χ3n) is 5.08. The van der Waals surface area contributed by atoms with Crippen LogP contribution in [-0.2, 0) is 0 Å². The average molecular weight is 432 g/mol. The summed E-state index contributed by atoms with van der Waals surface area (Å²) in [6.07, 6.45) is 4.76. The summed E-state index contributed by atoms with van der Waals surface area (Å²) in [7, 11) is 0. The highest BCUT2D eigenvalue weighted by Gasteiger charge is 2.18. The molecule has 5 rings (SSSR count). The Morgan fingerprint density at radius 3 is 2.77 bits per heavy atom. The van der Waals surface area contributed by atoms with Crippen LogP contribution in [0.1, 0.15) is 25.8 Å². The highest BCUT2D eigenvalue weighted by Crippen LogP contribution is 2.29. The molecule has 0 saturated carbocycles. The highest BCUT2D eigenvalue weighted by molar-refractivity contribution is 7.15. The van der Waals surface area contributed by atoms with Gasteiger partial charge in [0.15, 0.2) is 5.82 Å². The Labute approximate surface area is 183 Å². The Bertz CT molecular complexity index is 1390. The smallest absolute Gasteiger partial charge is 0.291 e. The number of ether oxygens (including phenoxy) is 2. The molecule has 31 heavy (non-hydrogen) atoms. The monoisotopic (exact) mass is 431 g/mol. The van der Waals surface area contributed by atoms with Gasteiger partial charge < -0.3 is 9.47 Å². The normalized spacial score (nSPS) is 16.1. The van der Waals surface area contributed by atoms with Gasteiger partial charge >= 0.3 is 0 Å². The van der Waals surface area contributed by atoms with Crippen LogP contribution in [0.2, 0.25) is 0 Å². The lowest BCUT2D eigenvalue weighted by molar-refractivity contribution is 0.259. The fourth-order valence-corrected chi connectivity index (χ4v) is 4.36. The van der Waals surface area contributed by atoms with E-state index < -0.39 is 0 Å². The predicted molar refractivity (Wildman–Crippen MR) is 123 cm³/mol. The summed E-state index contributed by atoms with van der Waals surface area (Å²) in [5, 5.41) is 4.43. The lowest BCUT2D eigenvalue weighted by atomic mass is 10.0. The van der Waals surface area contributed by atoms with E-state index in [0.29, 0.717) is 21.9 Å². The number of thiazole rings is 1. The van der Waals surface area contributed by atoms with Crippen LogP contribution in [0.25, 0.3) is 28.5 Å². The summed E-state index contributed by atoms with van der Waals surface area (Å²) < 4.78 is 13.6. The minimum absolute atomic E-state index is 0.138. The van der Waals surface area contributed by atoms with Gasteiger partial charge in [0.05, 0.1) is 11.1 Å². The molecule has 0 N–H and O–H groups in total. The van der Waals surface area contributed by atoms with E-state index >= 15 is 0 Å². The summed E-state index contributed by atoms with van der Waals surface area (Å²) in [5.41, 5.74) is 2.63. The fraction of sp³-hybridized carbons (Fsp3) is 0.208. The number of benzene rings is 2. The third kappa shape index (κ3) is 3.72. The summed E-state index contributed by atoms with van der Waals surface area (Å²) in [6, 6.07) is 15.5. The van der Waals surface area contributed by atoms with Crippen molar-refractivity contribution in [1.82, 2.24) is 14.6 Å². The van der Waals surface area contributed by atoms with Crippen molar-refractivity contribution in [3.05, 3.63) is 74.6 Å². The van der Waals surface area contributed by atoms with E-state index in [1.165, 1.54) is 15.9 Å². The van der Waals surface area contributed by atoms with Crippen molar-refractivity contribution in [2.75, 3.05) is 6.61 Å². The fourth-order valence-electron chi connectivity index (χ4n) is 3.45. The molecule has 2 aromatic carbocycles. The maximum absolute atomic E-state index is 12.9. The van der Waals surface area contributed by atoms with E-state index in [1.807, 2.05) is 61.5 Å². The van der Waals surface area contributed by atoms with E-state index in [1.54, 1.807) is 0 Å². The van der Waals surface area contributed by atoms with Crippen molar-refractivity contribution < 1.29 is 9.47 Å². The number of fused-ring (bicyclic) bond motifs is 2. The zero-order valence-corrected chi connectivity index (χ0v) is 18.1. The molecule has 0 aliphatic carbocycles. The van der Waals surface area contributed by atoms with Crippen LogP contribution in [0.4, 0.5) is 0 Å². The maximum Gasteiger partial charge on any atom is 0.291 e. The summed E-state index contributed by atoms with van der Waals surface area (Å²) in [6.45, 7) is 4.73. The Morgan fingerprint density at radius 2 is 2.00 bits per heavy atom. The quantitative estimate of drug-likeness (QED) is 0.478. The molecule has 0 amide bonds. The second-order valence-corrected chi connectivity index (χ2v) is 8.37. The van der Waals surface area contributed by atoms with Crippen molar-refractivity contribution in [3.8, 4) is 22.9 Å². The van der Waals surface area contributed by atoms with Gasteiger partial charge in [-0.15, -0.1) is 5.10 Å². The number of hydrogen-bond donors (Lipinski definition) is 0. The summed E-state index contributed by atoms with van der Waals surface area (Å²) >= 11 is 1.33. The molecule has 0 radical (unpaired) electrons.